The third-order valence-electron chi connectivity index (χ3n) is 1.90. The van der Waals surface area contributed by atoms with Crippen LogP contribution < -0.4 is 5.56 Å². The van der Waals surface area contributed by atoms with Crippen LogP contribution in [-0.2, 0) is 0 Å². The molecule has 0 aliphatic rings. The molecule has 0 fully saturated rings. The molecule has 70 valence electrons. The van der Waals surface area contributed by atoms with Gasteiger partial charge in [0.05, 0.1) is 5.39 Å². The quantitative estimate of drug-likeness (QED) is 0.690. The van der Waals surface area contributed by atoms with E-state index < -0.39 is 5.97 Å². The fraction of sp³-hybridized carbons (Fsp3) is 0. The van der Waals surface area contributed by atoms with Gasteiger partial charge < -0.3 is 5.11 Å². The second kappa shape index (κ2) is 2.95. The summed E-state index contributed by atoms with van der Waals surface area (Å²) >= 11 is 0. The van der Waals surface area contributed by atoms with Gasteiger partial charge in [0.1, 0.15) is 0 Å². The van der Waals surface area contributed by atoms with Crippen molar-refractivity contribution in [3.05, 3.63) is 40.3 Å². The van der Waals surface area contributed by atoms with Gasteiger partial charge in [-0.3, -0.25) is 4.79 Å². The number of rotatable bonds is 1. The molecule has 0 radical (unpaired) electrons. The first-order valence-corrected chi connectivity index (χ1v) is 3.91. The number of carboxylic acids is 1. The number of benzene rings is 1. The van der Waals surface area contributed by atoms with Crippen molar-refractivity contribution in [1.82, 2.24) is 10.2 Å². The predicted molar refractivity (Wildman–Crippen MR) is 49.3 cm³/mol. The molecule has 1 heterocycles. The molecule has 0 aliphatic carbocycles. The van der Waals surface area contributed by atoms with Crippen molar-refractivity contribution in [2.45, 2.75) is 0 Å². The average molecular weight is 190 g/mol. The summed E-state index contributed by atoms with van der Waals surface area (Å²) in [4.78, 5) is 22.0. The lowest BCUT2D eigenvalue weighted by molar-refractivity contribution is 0.0691. The van der Waals surface area contributed by atoms with E-state index in [1.807, 2.05) is 0 Å². The number of nitrogens with zero attached hydrogens (tertiary/aromatic N) is 1. The van der Waals surface area contributed by atoms with Crippen molar-refractivity contribution in [3.63, 3.8) is 0 Å². The first kappa shape index (κ1) is 8.43. The van der Waals surface area contributed by atoms with E-state index in [2.05, 4.69) is 10.2 Å². The summed E-state index contributed by atoms with van der Waals surface area (Å²) in [5.41, 5.74) is -0.522. The summed E-state index contributed by atoms with van der Waals surface area (Å²) in [6.45, 7) is 0. The lowest BCUT2D eigenvalue weighted by Gasteiger charge is -1.98. The van der Waals surface area contributed by atoms with Gasteiger partial charge in [-0.15, -0.1) is 0 Å². The molecule has 0 bridgehead atoms. The predicted octanol–water partition coefficient (Wildman–Crippen LogP) is 0.621. The van der Waals surface area contributed by atoms with Crippen LogP contribution in [0.1, 0.15) is 10.5 Å². The number of nitrogens with one attached hydrogen (secondary N) is 1. The minimum Gasteiger partial charge on any atom is -0.476 e. The fourth-order valence-corrected chi connectivity index (χ4v) is 1.28. The van der Waals surface area contributed by atoms with Crippen LogP contribution in [0.5, 0.6) is 0 Å². The molecule has 0 amide bonds. The molecule has 5 heteroatoms. The number of hydrogen-bond acceptors (Lipinski definition) is 3. The second-order valence-corrected chi connectivity index (χ2v) is 2.75. The maximum absolute atomic E-state index is 11.2. The number of carboxylic acid groups (broad SMARTS) is 1. The summed E-state index contributed by atoms with van der Waals surface area (Å²) in [7, 11) is 0. The highest BCUT2D eigenvalue weighted by molar-refractivity contribution is 6.00. The fourth-order valence-electron chi connectivity index (χ4n) is 1.28. The van der Waals surface area contributed by atoms with Crippen molar-refractivity contribution < 1.29 is 9.90 Å². The molecule has 1 aromatic carbocycles. The monoisotopic (exact) mass is 190 g/mol. The summed E-state index contributed by atoms with van der Waals surface area (Å²) in [5, 5.41) is 15.1. The maximum Gasteiger partial charge on any atom is 0.356 e. The third-order valence-corrected chi connectivity index (χ3v) is 1.90. The summed E-state index contributed by atoms with van der Waals surface area (Å²) in [6.07, 6.45) is 0. The van der Waals surface area contributed by atoms with Crippen molar-refractivity contribution in [1.29, 1.82) is 0 Å². The van der Waals surface area contributed by atoms with E-state index >= 15 is 0 Å². The maximum atomic E-state index is 11.2. The Morgan fingerprint density at radius 2 is 1.93 bits per heavy atom. The zero-order valence-corrected chi connectivity index (χ0v) is 7.02. The topological polar surface area (TPSA) is 83.0 Å². The number of hydrogen-bond donors (Lipinski definition) is 2. The van der Waals surface area contributed by atoms with E-state index in [0.29, 0.717) is 10.8 Å². The molecule has 1 aromatic heterocycles. The Labute approximate surface area is 78.0 Å². The van der Waals surface area contributed by atoms with Gasteiger partial charge in [0.15, 0.2) is 5.69 Å². The van der Waals surface area contributed by atoms with Gasteiger partial charge in [-0.2, -0.15) is 5.10 Å². The molecule has 0 atom stereocenters. The number of aromatic amines is 1. The second-order valence-electron chi connectivity index (χ2n) is 2.75. The molecule has 14 heavy (non-hydrogen) atoms. The van der Waals surface area contributed by atoms with Crippen molar-refractivity contribution in [2.75, 3.05) is 0 Å². The molecule has 5 nitrogen and oxygen atoms in total. The summed E-state index contributed by atoms with van der Waals surface area (Å²) in [5.74, 6) is -1.16. The molecule has 2 aromatic rings. The number of fused-ring (bicyclic) bond motifs is 1. The smallest absolute Gasteiger partial charge is 0.356 e. The van der Waals surface area contributed by atoms with Crippen molar-refractivity contribution in [2.24, 2.45) is 0 Å². The van der Waals surface area contributed by atoms with Crippen LogP contribution in [0, 0.1) is 0 Å². The standard InChI is InChI=1S/C9H6N2O3/c12-8-6-4-2-1-3-5(6)7(9(13)14)10-11-8/h1-4H,(H,11,12)(H,13,14). The van der Waals surface area contributed by atoms with E-state index in [9.17, 15) is 9.59 Å². The van der Waals surface area contributed by atoms with E-state index in [0.717, 1.165) is 0 Å². The first-order valence-electron chi connectivity index (χ1n) is 3.91. The Hall–Kier alpha value is -2.17. The number of aromatic nitrogens is 2. The molecule has 0 saturated carbocycles. The third kappa shape index (κ3) is 1.15. The molecular formula is C9H6N2O3. The Balaban J connectivity index is 2.96. The molecule has 2 N–H and O–H groups in total. The zero-order chi connectivity index (χ0) is 10.1. The highest BCUT2D eigenvalue weighted by atomic mass is 16.4. The molecule has 0 spiro atoms. The normalized spacial score (nSPS) is 10.3. The lowest BCUT2D eigenvalue weighted by atomic mass is 10.1. The van der Waals surface area contributed by atoms with E-state index in [-0.39, 0.29) is 11.3 Å². The summed E-state index contributed by atoms with van der Waals surface area (Å²) < 4.78 is 0. The SMILES string of the molecule is O=C(O)c1n[nH]c(=O)c2ccccc12. The van der Waals surface area contributed by atoms with Crippen molar-refractivity contribution in [3.8, 4) is 0 Å². The van der Waals surface area contributed by atoms with Gasteiger partial charge in [0.25, 0.3) is 5.56 Å². The highest BCUT2D eigenvalue weighted by Crippen LogP contribution is 2.11. The van der Waals surface area contributed by atoms with Crippen molar-refractivity contribution >= 4 is 16.7 Å². The van der Waals surface area contributed by atoms with Gasteiger partial charge >= 0.3 is 5.97 Å². The van der Waals surface area contributed by atoms with E-state index in [4.69, 9.17) is 5.11 Å². The highest BCUT2D eigenvalue weighted by Gasteiger charge is 2.11. The van der Waals surface area contributed by atoms with Crippen LogP contribution >= 0.6 is 0 Å². The van der Waals surface area contributed by atoms with Gasteiger partial charge in [-0.25, -0.2) is 9.89 Å². The number of aromatic carboxylic acids is 1. The Kier molecular flexibility index (Phi) is 1.78. The van der Waals surface area contributed by atoms with Gasteiger partial charge in [-0.1, -0.05) is 18.2 Å². The summed E-state index contributed by atoms with van der Waals surface area (Å²) in [6, 6.07) is 6.45. The van der Waals surface area contributed by atoms with Crippen LogP contribution in [0.25, 0.3) is 10.8 Å². The van der Waals surface area contributed by atoms with Crippen LogP contribution in [0.4, 0.5) is 0 Å². The van der Waals surface area contributed by atoms with Crippen LogP contribution in [-0.4, -0.2) is 21.3 Å². The minimum absolute atomic E-state index is 0.139. The van der Waals surface area contributed by atoms with E-state index in [1.54, 1.807) is 24.3 Å². The molecule has 2 rings (SSSR count). The van der Waals surface area contributed by atoms with Crippen LogP contribution in [0.2, 0.25) is 0 Å². The van der Waals surface area contributed by atoms with E-state index in [1.165, 1.54) is 0 Å². The Morgan fingerprint density at radius 3 is 2.57 bits per heavy atom. The van der Waals surface area contributed by atoms with Gasteiger partial charge in [0.2, 0.25) is 0 Å². The molecular weight excluding hydrogens is 184 g/mol. The Bertz CT molecular complexity index is 559. The van der Waals surface area contributed by atoms with Gasteiger partial charge in [-0.05, 0) is 6.07 Å². The lowest BCUT2D eigenvalue weighted by Crippen LogP contribution is -2.13. The first-order chi connectivity index (χ1) is 6.70. The molecule has 0 aliphatic heterocycles. The molecule has 0 unspecified atom stereocenters. The Morgan fingerprint density at radius 1 is 1.29 bits per heavy atom. The zero-order valence-electron chi connectivity index (χ0n) is 7.02. The van der Waals surface area contributed by atoms with Gasteiger partial charge in [0, 0.05) is 5.39 Å². The van der Waals surface area contributed by atoms with Crippen LogP contribution in [0.3, 0.4) is 0 Å². The number of H-pyrrole nitrogens is 1. The number of carbonyl (C=O) groups is 1. The largest absolute Gasteiger partial charge is 0.476 e. The van der Waals surface area contributed by atoms with Crippen LogP contribution in [0.15, 0.2) is 29.1 Å². The minimum atomic E-state index is -1.16. The molecule has 0 saturated heterocycles. The average Bonchev–Trinajstić information content (AvgIpc) is 2.18.